The zero-order chi connectivity index (χ0) is 15.2. The van der Waals surface area contributed by atoms with E-state index in [1.54, 1.807) is 6.33 Å². The Morgan fingerprint density at radius 1 is 1.00 bits per heavy atom. The molecule has 0 spiro atoms. The normalized spacial score (nSPS) is 12.2. The first kappa shape index (κ1) is 14.8. The number of hydrogen-bond acceptors (Lipinski definition) is 5. The lowest BCUT2D eigenvalue weighted by Gasteiger charge is -2.12. The highest BCUT2D eigenvalue weighted by Crippen LogP contribution is 2.24. The number of aromatic nitrogens is 2. The van der Waals surface area contributed by atoms with Crippen LogP contribution in [0.25, 0.3) is 10.9 Å². The van der Waals surface area contributed by atoms with Gasteiger partial charge in [0.05, 0.1) is 11.6 Å². The summed E-state index contributed by atoms with van der Waals surface area (Å²) in [6.07, 6.45) is 0.997. The molecule has 0 saturated heterocycles. The van der Waals surface area contributed by atoms with Crippen molar-refractivity contribution in [1.82, 2.24) is 9.97 Å². The quantitative estimate of drug-likeness (QED) is 0.560. The molecule has 0 saturated carbocycles. The molecule has 0 amide bonds. The summed E-state index contributed by atoms with van der Waals surface area (Å²) >= 11 is 1.51. The van der Waals surface area contributed by atoms with E-state index in [0.29, 0.717) is 5.75 Å². The Bertz CT molecular complexity index is 732. The van der Waals surface area contributed by atoms with Crippen LogP contribution in [-0.4, -0.2) is 33.5 Å². The van der Waals surface area contributed by atoms with Gasteiger partial charge in [-0.2, -0.15) is 0 Å². The fourth-order valence-corrected chi connectivity index (χ4v) is 2.92. The molecule has 0 aliphatic rings. The summed E-state index contributed by atoms with van der Waals surface area (Å²) in [6, 6.07) is 17.3. The van der Waals surface area contributed by atoms with Crippen LogP contribution in [-0.2, 0) is 0 Å². The predicted molar refractivity (Wildman–Crippen MR) is 88.2 cm³/mol. The number of para-hydroxylation sites is 2. The Morgan fingerprint density at radius 3 is 2.64 bits per heavy atom. The fraction of sp³-hybridized carbons (Fsp3) is 0.176. The number of aliphatic hydroxyl groups is 1. The van der Waals surface area contributed by atoms with Crippen molar-refractivity contribution in [2.45, 2.75) is 11.1 Å². The third-order valence-electron chi connectivity index (χ3n) is 3.10. The Kier molecular flexibility index (Phi) is 4.88. The lowest BCUT2D eigenvalue weighted by Crippen LogP contribution is -2.20. The lowest BCUT2D eigenvalue weighted by molar-refractivity contribution is 0.126. The molecule has 5 heteroatoms. The third kappa shape index (κ3) is 3.75. The van der Waals surface area contributed by atoms with E-state index in [0.717, 1.165) is 21.7 Å². The highest BCUT2D eigenvalue weighted by atomic mass is 32.2. The van der Waals surface area contributed by atoms with Crippen molar-refractivity contribution in [3.05, 3.63) is 60.9 Å². The van der Waals surface area contributed by atoms with E-state index in [9.17, 15) is 5.11 Å². The second-order valence-corrected chi connectivity index (χ2v) is 5.79. The second kappa shape index (κ2) is 7.24. The van der Waals surface area contributed by atoms with E-state index >= 15 is 0 Å². The van der Waals surface area contributed by atoms with Crippen LogP contribution in [0, 0.1) is 0 Å². The summed E-state index contributed by atoms with van der Waals surface area (Å²) in [4.78, 5) is 8.53. The van der Waals surface area contributed by atoms with Crippen molar-refractivity contribution in [3.8, 4) is 5.75 Å². The molecule has 0 aliphatic carbocycles. The van der Waals surface area contributed by atoms with E-state index in [4.69, 9.17) is 4.74 Å². The largest absolute Gasteiger partial charge is 0.491 e. The number of fused-ring (bicyclic) bond motifs is 1. The van der Waals surface area contributed by atoms with E-state index in [1.165, 1.54) is 11.8 Å². The molecule has 0 fully saturated rings. The predicted octanol–water partition coefficient (Wildman–Crippen LogP) is 3.16. The molecule has 0 radical (unpaired) electrons. The zero-order valence-corrected chi connectivity index (χ0v) is 12.7. The average Bonchev–Trinajstić information content (AvgIpc) is 2.59. The first-order valence-electron chi connectivity index (χ1n) is 7.01. The first-order chi connectivity index (χ1) is 10.8. The molecule has 112 valence electrons. The number of rotatable bonds is 6. The van der Waals surface area contributed by atoms with Crippen LogP contribution >= 0.6 is 11.8 Å². The molecule has 2 aromatic carbocycles. The molecule has 0 unspecified atom stereocenters. The number of ether oxygens (including phenoxy) is 1. The molecule has 22 heavy (non-hydrogen) atoms. The third-order valence-corrected chi connectivity index (χ3v) is 4.25. The summed E-state index contributed by atoms with van der Waals surface area (Å²) in [7, 11) is 0. The highest BCUT2D eigenvalue weighted by Gasteiger charge is 2.09. The van der Waals surface area contributed by atoms with Gasteiger partial charge < -0.3 is 9.84 Å². The Hall–Kier alpha value is -2.11. The maximum atomic E-state index is 10.1. The van der Waals surface area contributed by atoms with Crippen molar-refractivity contribution in [3.63, 3.8) is 0 Å². The number of thioether (sulfide) groups is 1. The maximum absolute atomic E-state index is 10.1. The number of aliphatic hydroxyl groups excluding tert-OH is 1. The second-order valence-electron chi connectivity index (χ2n) is 4.78. The molecule has 1 heterocycles. The molecule has 1 atom stereocenters. The first-order valence-corrected chi connectivity index (χ1v) is 8.00. The van der Waals surface area contributed by atoms with E-state index in [1.807, 2.05) is 54.6 Å². The van der Waals surface area contributed by atoms with Gasteiger partial charge in [0, 0.05) is 11.1 Å². The molecule has 3 rings (SSSR count). The van der Waals surface area contributed by atoms with Crippen molar-refractivity contribution in [1.29, 1.82) is 0 Å². The minimum Gasteiger partial charge on any atom is -0.491 e. The smallest absolute Gasteiger partial charge is 0.119 e. The van der Waals surface area contributed by atoms with Gasteiger partial charge in [-0.25, -0.2) is 9.97 Å². The number of nitrogens with zero attached hydrogens (tertiary/aromatic N) is 2. The van der Waals surface area contributed by atoms with Crippen molar-refractivity contribution in [2.75, 3.05) is 12.4 Å². The summed E-state index contributed by atoms with van der Waals surface area (Å²) in [5, 5.41) is 11.9. The van der Waals surface area contributed by atoms with Gasteiger partial charge >= 0.3 is 0 Å². The molecule has 0 bridgehead atoms. The number of hydrogen-bond donors (Lipinski definition) is 1. The van der Waals surface area contributed by atoms with Crippen molar-refractivity contribution < 1.29 is 9.84 Å². The minimum atomic E-state index is -0.557. The van der Waals surface area contributed by atoms with Gasteiger partial charge in [-0.1, -0.05) is 36.4 Å². The van der Waals surface area contributed by atoms with E-state index in [2.05, 4.69) is 9.97 Å². The molecule has 0 aliphatic heterocycles. The lowest BCUT2D eigenvalue weighted by atomic mass is 10.2. The summed E-state index contributed by atoms with van der Waals surface area (Å²) in [5.41, 5.74) is 0.912. The van der Waals surface area contributed by atoms with Gasteiger partial charge in [0.1, 0.15) is 23.7 Å². The maximum Gasteiger partial charge on any atom is 0.119 e. The highest BCUT2D eigenvalue weighted by molar-refractivity contribution is 7.99. The van der Waals surface area contributed by atoms with Gasteiger partial charge in [-0.15, -0.1) is 11.8 Å². The van der Waals surface area contributed by atoms with Crippen LogP contribution in [0.2, 0.25) is 0 Å². The van der Waals surface area contributed by atoms with Crippen LogP contribution < -0.4 is 4.74 Å². The van der Waals surface area contributed by atoms with E-state index < -0.39 is 6.10 Å². The van der Waals surface area contributed by atoms with Crippen LogP contribution in [0.3, 0.4) is 0 Å². The fourth-order valence-electron chi connectivity index (χ4n) is 2.03. The topological polar surface area (TPSA) is 55.2 Å². The summed E-state index contributed by atoms with van der Waals surface area (Å²) in [6.45, 7) is 0.264. The molecule has 3 aromatic rings. The molecule has 1 N–H and O–H groups in total. The monoisotopic (exact) mass is 312 g/mol. The van der Waals surface area contributed by atoms with Crippen LogP contribution in [0.1, 0.15) is 0 Å². The van der Waals surface area contributed by atoms with Crippen molar-refractivity contribution >= 4 is 22.7 Å². The summed E-state index contributed by atoms with van der Waals surface area (Å²) < 4.78 is 5.55. The van der Waals surface area contributed by atoms with Crippen LogP contribution in [0.15, 0.2) is 66.0 Å². The van der Waals surface area contributed by atoms with Crippen LogP contribution in [0.5, 0.6) is 5.75 Å². The Balaban J connectivity index is 1.57. The molecular weight excluding hydrogens is 296 g/mol. The molecule has 4 nitrogen and oxygen atoms in total. The van der Waals surface area contributed by atoms with Gasteiger partial charge in [-0.3, -0.25) is 0 Å². The Morgan fingerprint density at radius 2 is 1.77 bits per heavy atom. The number of benzene rings is 2. The van der Waals surface area contributed by atoms with Gasteiger partial charge in [0.2, 0.25) is 0 Å². The van der Waals surface area contributed by atoms with Gasteiger partial charge in [-0.05, 0) is 18.2 Å². The summed E-state index contributed by atoms with van der Waals surface area (Å²) in [5.74, 6) is 1.28. The van der Waals surface area contributed by atoms with Gasteiger partial charge in [0.15, 0.2) is 0 Å². The van der Waals surface area contributed by atoms with Crippen LogP contribution in [0.4, 0.5) is 0 Å². The molecular formula is C17H16N2O2S. The zero-order valence-electron chi connectivity index (χ0n) is 11.9. The Labute approximate surface area is 133 Å². The molecule has 1 aromatic heterocycles. The standard InChI is InChI=1S/C17H16N2O2S/c20-13(10-21-14-6-2-1-3-7-14)11-22-17-15-8-4-5-9-16(15)18-12-19-17/h1-9,12-13,20H,10-11H2/t13-/m0/s1. The average molecular weight is 312 g/mol. The SMILES string of the molecule is O[C@@H](COc1ccccc1)CSc1ncnc2ccccc12. The minimum absolute atomic E-state index is 0.264. The van der Waals surface area contributed by atoms with E-state index in [-0.39, 0.29) is 6.61 Å². The van der Waals surface area contributed by atoms with Gasteiger partial charge in [0.25, 0.3) is 0 Å². The van der Waals surface area contributed by atoms with Crippen molar-refractivity contribution in [2.24, 2.45) is 0 Å².